The summed E-state index contributed by atoms with van der Waals surface area (Å²) in [4.78, 5) is 11.7. The summed E-state index contributed by atoms with van der Waals surface area (Å²) in [6.07, 6.45) is 6.20. The molecule has 0 spiro atoms. The van der Waals surface area contributed by atoms with Crippen molar-refractivity contribution >= 4 is 23.3 Å². The van der Waals surface area contributed by atoms with Crippen LogP contribution in [0, 0.1) is 0 Å². The molecule has 112 valence electrons. The normalized spacial score (nSPS) is 12.6. The molecule has 0 aromatic carbocycles. The van der Waals surface area contributed by atoms with E-state index in [1.165, 1.54) is 11.6 Å². The van der Waals surface area contributed by atoms with E-state index in [1.807, 2.05) is 5.38 Å². The summed E-state index contributed by atoms with van der Waals surface area (Å²) in [6.45, 7) is 0.745. The number of aliphatic hydroxyl groups is 1. The van der Waals surface area contributed by atoms with Crippen molar-refractivity contribution in [3.8, 4) is 0 Å². The smallest absolute Gasteiger partial charge is 0.244 e. The first-order valence-corrected chi connectivity index (χ1v) is 7.86. The van der Waals surface area contributed by atoms with Crippen LogP contribution in [0.3, 0.4) is 0 Å². The standard InChI is InChI=1S/C16H19NO3S/c18-9-6-13(14-7-11-21-12-14)5-8-17-16(19)4-3-15-2-1-10-20-15/h1-4,7,10-13,18H,5-6,8-9H2,(H,17,19)/b4-3+. The molecule has 1 unspecified atom stereocenters. The SMILES string of the molecule is O=C(/C=C/c1ccco1)NCCC(CCO)c1ccsc1. The van der Waals surface area contributed by atoms with Crippen LogP contribution in [0.5, 0.6) is 0 Å². The summed E-state index contributed by atoms with van der Waals surface area (Å²) in [5.41, 5.74) is 1.23. The Balaban J connectivity index is 1.75. The van der Waals surface area contributed by atoms with E-state index >= 15 is 0 Å². The molecule has 2 N–H and O–H groups in total. The van der Waals surface area contributed by atoms with Gasteiger partial charge >= 0.3 is 0 Å². The van der Waals surface area contributed by atoms with E-state index in [0.717, 1.165) is 12.8 Å². The first kappa shape index (κ1) is 15.5. The van der Waals surface area contributed by atoms with Crippen molar-refractivity contribution in [1.82, 2.24) is 5.32 Å². The van der Waals surface area contributed by atoms with Gasteiger partial charge in [-0.15, -0.1) is 0 Å². The first-order chi connectivity index (χ1) is 10.3. The van der Waals surface area contributed by atoms with E-state index in [-0.39, 0.29) is 18.4 Å². The number of amides is 1. The molecule has 0 aliphatic heterocycles. The molecule has 2 aromatic rings. The van der Waals surface area contributed by atoms with Crippen LogP contribution in [0.25, 0.3) is 6.08 Å². The molecule has 0 saturated carbocycles. The number of furan rings is 1. The van der Waals surface area contributed by atoms with Gasteiger partial charge in [0.05, 0.1) is 6.26 Å². The van der Waals surface area contributed by atoms with Crippen molar-refractivity contribution in [2.75, 3.05) is 13.2 Å². The minimum Gasteiger partial charge on any atom is -0.465 e. The third kappa shape index (κ3) is 5.21. The Kier molecular flexibility index (Phi) is 6.24. The average molecular weight is 305 g/mol. The van der Waals surface area contributed by atoms with Crippen LogP contribution >= 0.6 is 11.3 Å². The molecule has 0 bridgehead atoms. The van der Waals surface area contributed by atoms with Gasteiger partial charge in [-0.2, -0.15) is 11.3 Å². The fraction of sp³-hybridized carbons (Fsp3) is 0.312. The van der Waals surface area contributed by atoms with Gasteiger partial charge in [0.2, 0.25) is 5.91 Å². The van der Waals surface area contributed by atoms with Crippen LogP contribution in [0.15, 0.2) is 45.7 Å². The number of rotatable bonds is 8. The van der Waals surface area contributed by atoms with Crippen LogP contribution in [0.4, 0.5) is 0 Å². The van der Waals surface area contributed by atoms with E-state index in [9.17, 15) is 4.79 Å². The van der Waals surface area contributed by atoms with Gasteiger partial charge in [0, 0.05) is 19.2 Å². The second-order valence-corrected chi connectivity index (χ2v) is 5.47. The van der Waals surface area contributed by atoms with Crippen LogP contribution in [0.2, 0.25) is 0 Å². The second-order valence-electron chi connectivity index (χ2n) is 4.69. The summed E-state index contributed by atoms with van der Waals surface area (Å²) >= 11 is 1.65. The van der Waals surface area contributed by atoms with Crippen LogP contribution in [-0.2, 0) is 4.79 Å². The lowest BCUT2D eigenvalue weighted by Crippen LogP contribution is -2.23. The van der Waals surface area contributed by atoms with E-state index in [1.54, 1.807) is 35.8 Å². The van der Waals surface area contributed by atoms with Crippen molar-refractivity contribution in [3.63, 3.8) is 0 Å². The Morgan fingerprint density at radius 1 is 1.43 bits per heavy atom. The predicted molar refractivity (Wildman–Crippen MR) is 84.1 cm³/mol. The molecule has 0 aliphatic rings. The fourth-order valence-electron chi connectivity index (χ4n) is 2.11. The van der Waals surface area contributed by atoms with Crippen molar-refractivity contribution in [3.05, 3.63) is 52.6 Å². The van der Waals surface area contributed by atoms with Crippen molar-refractivity contribution in [2.45, 2.75) is 18.8 Å². The first-order valence-electron chi connectivity index (χ1n) is 6.92. The molecule has 5 heteroatoms. The molecule has 1 atom stereocenters. The summed E-state index contributed by atoms with van der Waals surface area (Å²) in [5.74, 6) is 0.802. The third-order valence-electron chi connectivity index (χ3n) is 3.23. The predicted octanol–water partition coefficient (Wildman–Crippen LogP) is 3.03. The molecule has 0 fully saturated rings. The van der Waals surface area contributed by atoms with Gasteiger partial charge in [-0.05, 0) is 59.4 Å². The number of aliphatic hydroxyl groups excluding tert-OH is 1. The quantitative estimate of drug-likeness (QED) is 0.737. The lowest BCUT2D eigenvalue weighted by atomic mass is 9.95. The maximum atomic E-state index is 11.7. The Morgan fingerprint density at radius 3 is 3.00 bits per heavy atom. The maximum absolute atomic E-state index is 11.7. The molecule has 0 radical (unpaired) electrons. The lowest BCUT2D eigenvalue weighted by molar-refractivity contribution is -0.116. The maximum Gasteiger partial charge on any atom is 0.244 e. The average Bonchev–Trinajstić information content (AvgIpc) is 3.17. The molecule has 2 heterocycles. The summed E-state index contributed by atoms with van der Waals surface area (Å²) in [5, 5.41) is 16.1. The van der Waals surface area contributed by atoms with Crippen LogP contribution < -0.4 is 5.32 Å². The molecule has 21 heavy (non-hydrogen) atoms. The molecular weight excluding hydrogens is 286 g/mol. The summed E-state index contributed by atoms with van der Waals surface area (Å²) < 4.78 is 5.11. The van der Waals surface area contributed by atoms with Gasteiger partial charge in [0.15, 0.2) is 0 Å². The highest BCUT2D eigenvalue weighted by Gasteiger charge is 2.11. The van der Waals surface area contributed by atoms with Crippen molar-refractivity contribution in [1.29, 1.82) is 0 Å². The highest BCUT2D eigenvalue weighted by atomic mass is 32.1. The molecule has 2 rings (SSSR count). The van der Waals surface area contributed by atoms with E-state index in [2.05, 4.69) is 16.8 Å². The molecule has 1 amide bonds. The zero-order valence-corrected chi connectivity index (χ0v) is 12.5. The second kappa shape index (κ2) is 8.44. The van der Waals surface area contributed by atoms with Gasteiger partial charge in [0.25, 0.3) is 0 Å². The topological polar surface area (TPSA) is 62.5 Å². The minimum absolute atomic E-state index is 0.139. The Labute approximate surface area is 128 Å². The minimum atomic E-state index is -0.139. The van der Waals surface area contributed by atoms with Gasteiger partial charge < -0.3 is 14.8 Å². The monoisotopic (exact) mass is 305 g/mol. The van der Waals surface area contributed by atoms with Crippen molar-refractivity contribution in [2.24, 2.45) is 0 Å². The molecular formula is C16H19NO3S. The van der Waals surface area contributed by atoms with Crippen LogP contribution in [0.1, 0.15) is 30.1 Å². The summed E-state index contributed by atoms with van der Waals surface area (Å²) in [7, 11) is 0. The number of hydrogen-bond donors (Lipinski definition) is 2. The number of thiophene rings is 1. The molecule has 0 aliphatic carbocycles. The molecule has 2 aromatic heterocycles. The highest BCUT2D eigenvalue weighted by Crippen LogP contribution is 2.24. The van der Waals surface area contributed by atoms with E-state index in [4.69, 9.17) is 9.52 Å². The zero-order chi connectivity index (χ0) is 14.9. The van der Waals surface area contributed by atoms with Gasteiger partial charge in [-0.1, -0.05) is 0 Å². The number of nitrogens with one attached hydrogen (secondary N) is 1. The van der Waals surface area contributed by atoms with E-state index < -0.39 is 0 Å². The van der Waals surface area contributed by atoms with Gasteiger partial charge in [-0.3, -0.25) is 4.79 Å². The van der Waals surface area contributed by atoms with E-state index in [0.29, 0.717) is 12.3 Å². The molecule has 4 nitrogen and oxygen atoms in total. The summed E-state index contributed by atoms with van der Waals surface area (Å²) in [6, 6.07) is 5.64. The number of carbonyl (C=O) groups excluding carboxylic acids is 1. The van der Waals surface area contributed by atoms with Gasteiger partial charge in [0.1, 0.15) is 5.76 Å². The van der Waals surface area contributed by atoms with Gasteiger partial charge in [-0.25, -0.2) is 0 Å². The molecule has 0 saturated heterocycles. The Bertz CT molecular complexity index is 546. The number of hydrogen-bond acceptors (Lipinski definition) is 4. The zero-order valence-electron chi connectivity index (χ0n) is 11.7. The fourth-order valence-corrected chi connectivity index (χ4v) is 2.86. The number of carbonyl (C=O) groups is 1. The highest BCUT2D eigenvalue weighted by molar-refractivity contribution is 7.07. The van der Waals surface area contributed by atoms with Crippen LogP contribution in [-0.4, -0.2) is 24.2 Å². The Morgan fingerprint density at radius 2 is 2.33 bits per heavy atom. The largest absolute Gasteiger partial charge is 0.465 e. The third-order valence-corrected chi connectivity index (χ3v) is 3.93. The Hall–Kier alpha value is -1.85. The van der Waals surface area contributed by atoms with Crippen molar-refractivity contribution < 1.29 is 14.3 Å². The lowest BCUT2D eigenvalue weighted by Gasteiger charge is -2.14.